The van der Waals surface area contributed by atoms with Crippen molar-refractivity contribution < 1.29 is 9.53 Å². The average molecular weight is 317 g/mol. The number of rotatable bonds is 7. The molecule has 0 aliphatic rings. The molecular weight excluding hydrogens is 294 g/mol. The molecule has 0 saturated heterocycles. The molecule has 2 rings (SSSR count). The van der Waals surface area contributed by atoms with E-state index < -0.39 is 0 Å². The van der Waals surface area contributed by atoms with Crippen LogP contribution in [0.1, 0.15) is 19.4 Å². The quantitative estimate of drug-likeness (QED) is 0.683. The smallest absolute Gasteiger partial charge is 0.315 e. The number of H-pyrrole nitrogens is 1. The van der Waals surface area contributed by atoms with Crippen LogP contribution in [-0.2, 0) is 11.3 Å². The summed E-state index contributed by atoms with van der Waals surface area (Å²) in [6, 6.07) is 8.75. The molecule has 0 spiro atoms. The van der Waals surface area contributed by atoms with Gasteiger partial charge in [-0.25, -0.2) is 4.79 Å². The molecule has 2 aromatic rings. The van der Waals surface area contributed by atoms with Gasteiger partial charge in [0.2, 0.25) is 5.56 Å². The third-order valence-electron chi connectivity index (χ3n) is 3.26. The molecule has 2 amide bonds. The molecule has 0 aliphatic heterocycles. The second-order valence-electron chi connectivity index (χ2n) is 5.78. The Kier molecular flexibility index (Phi) is 6.17. The van der Waals surface area contributed by atoms with Crippen molar-refractivity contribution in [3.8, 4) is 0 Å². The van der Waals surface area contributed by atoms with E-state index in [2.05, 4.69) is 29.5 Å². The molecule has 6 heteroatoms. The van der Waals surface area contributed by atoms with Crippen molar-refractivity contribution in [2.24, 2.45) is 5.92 Å². The lowest BCUT2D eigenvalue weighted by Crippen LogP contribution is -2.37. The van der Waals surface area contributed by atoms with E-state index in [0.717, 1.165) is 16.5 Å². The van der Waals surface area contributed by atoms with Crippen molar-refractivity contribution in [2.75, 3.05) is 19.8 Å². The number of aromatic nitrogens is 1. The van der Waals surface area contributed by atoms with E-state index in [9.17, 15) is 9.59 Å². The van der Waals surface area contributed by atoms with Crippen molar-refractivity contribution in [3.63, 3.8) is 0 Å². The monoisotopic (exact) mass is 317 g/mol. The zero-order valence-electron chi connectivity index (χ0n) is 13.5. The zero-order chi connectivity index (χ0) is 16.7. The number of hydrogen-bond donors (Lipinski definition) is 3. The minimum absolute atomic E-state index is 0.178. The summed E-state index contributed by atoms with van der Waals surface area (Å²) in [6.45, 7) is 6.07. The highest BCUT2D eigenvalue weighted by molar-refractivity contribution is 5.82. The number of carbonyl (C=O) groups is 1. The van der Waals surface area contributed by atoms with Crippen LogP contribution in [0.25, 0.3) is 10.9 Å². The standard InChI is InChI=1S/C17H23N3O3/c1-12(2)11-23-8-7-18-17(22)19-10-13-9-16(21)20-15-6-4-3-5-14(13)15/h3-6,9,12H,7-8,10-11H2,1-2H3,(H,20,21)(H2,18,19,22). The van der Waals surface area contributed by atoms with Gasteiger partial charge < -0.3 is 20.4 Å². The molecule has 6 nitrogen and oxygen atoms in total. The fraction of sp³-hybridized carbons (Fsp3) is 0.412. The molecule has 124 valence electrons. The van der Waals surface area contributed by atoms with E-state index in [1.165, 1.54) is 6.07 Å². The Bertz CT molecular complexity index is 710. The van der Waals surface area contributed by atoms with E-state index in [1.54, 1.807) is 0 Å². The molecule has 0 atom stereocenters. The maximum atomic E-state index is 11.8. The summed E-state index contributed by atoms with van der Waals surface area (Å²) in [4.78, 5) is 26.2. The summed E-state index contributed by atoms with van der Waals surface area (Å²) in [5, 5.41) is 6.41. The van der Waals surface area contributed by atoms with Gasteiger partial charge in [-0.2, -0.15) is 0 Å². The van der Waals surface area contributed by atoms with Gasteiger partial charge in [-0.3, -0.25) is 4.79 Å². The minimum Gasteiger partial charge on any atom is -0.379 e. The van der Waals surface area contributed by atoms with Gasteiger partial charge in [-0.1, -0.05) is 32.0 Å². The van der Waals surface area contributed by atoms with E-state index >= 15 is 0 Å². The van der Waals surface area contributed by atoms with Gasteiger partial charge in [0.15, 0.2) is 0 Å². The van der Waals surface area contributed by atoms with Gasteiger partial charge in [0.05, 0.1) is 6.61 Å². The first-order chi connectivity index (χ1) is 11.1. The van der Waals surface area contributed by atoms with Crippen molar-refractivity contribution in [1.29, 1.82) is 0 Å². The molecule has 0 radical (unpaired) electrons. The highest BCUT2D eigenvalue weighted by atomic mass is 16.5. The largest absolute Gasteiger partial charge is 0.379 e. The van der Waals surface area contributed by atoms with Gasteiger partial charge in [0.25, 0.3) is 0 Å². The third kappa shape index (κ3) is 5.41. The van der Waals surface area contributed by atoms with Crippen LogP contribution in [0.5, 0.6) is 0 Å². The highest BCUT2D eigenvalue weighted by Gasteiger charge is 2.05. The molecule has 0 saturated carbocycles. The number of para-hydroxylation sites is 1. The van der Waals surface area contributed by atoms with E-state index in [-0.39, 0.29) is 11.6 Å². The maximum Gasteiger partial charge on any atom is 0.315 e. The lowest BCUT2D eigenvalue weighted by Gasteiger charge is -2.10. The number of benzene rings is 1. The predicted octanol–water partition coefficient (Wildman–Crippen LogP) is 2.00. The summed E-state index contributed by atoms with van der Waals surface area (Å²) < 4.78 is 5.39. The molecular formula is C17H23N3O3. The van der Waals surface area contributed by atoms with Crippen LogP contribution in [-0.4, -0.2) is 30.8 Å². The molecule has 0 unspecified atom stereocenters. The van der Waals surface area contributed by atoms with Crippen molar-refractivity contribution in [1.82, 2.24) is 15.6 Å². The number of nitrogens with one attached hydrogen (secondary N) is 3. The Hall–Kier alpha value is -2.34. The number of urea groups is 1. The maximum absolute atomic E-state index is 11.8. The number of pyridine rings is 1. The van der Waals surface area contributed by atoms with Crippen molar-refractivity contribution in [3.05, 3.63) is 46.2 Å². The third-order valence-corrected chi connectivity index (χ3v) is 3.26. The molecule has 1 aromatic heterocycles. The summed E-state index contributed by atoms with van der Waals surface area (Å²) in [5.74, 6) is 0.480. The number of aromatic amines is 1. The minimum atomic E-state index is -0.275. The van der Waals surface area contributed by atoms with Gasteiger partial charge >= 0.3 is 6.03 Å². The van der Waals surface area contributed by atoms with Crippen LogP contribution in [0.15, 0.2) is 35.1 Å². The van der Waals surface area contributed by atoms with Crippen LogP contribution in [0, 0.1) is 5.92 Å². The molecule has 1 heterocycles. The number of ether oxygens (including phenoxy) is 1. The van der Waals surface area contributed by atoms with Crippen molar-refractivity contribution in [2.45, 2.75) is 20.4 Å². The molecule has 23 heavy (non-hydrogen) atoms. The Balaban J connectivity index is 1.84. The lowest BCUT2D eigenvalue weighted by molar-refractivity contribution is 0.112. The molecule has 0 fully saturated rings. The predicted molar refractivity (Wildman–Crippen MR) is 90.5 cm³/mol. The molecule has 1 aromatic carbocycles. The zero-order valence-corrected chi connectivity index (χ0v) is 13.5. The average Bonchev–Trinajstić information content (AvgIpc) is 2.51. The van der Waals surface area contributed by atoms with Crippen LogP contribution in [0.2, 0.25) is 0 Å². The number of fused-ring (bicyclic) bond motifs is 1. The highest BCUT2D eigenvalue weighted by Crippen LogP contribution is 2.13. The Morgan fingerprint density at radius 1 is 1.26 bits per heavy atom. The van der Waals surface area contributed by atoms with Crippen LogP contribution in [0.3, 0.4) is 0 Å². The summed E-state index contributed by atoms with van der Waals surface area (Å²) in [7, 11) is 0. The fourth-order valence-electron chi connectivity index (χ4n) is 2.22. The summed E-state index contributed by atoms with van der Waals surface area (Å²) in [6.07, 6.45) is 0. The first kappa shape index (κ1) is 17.0. The second kappa shape index (κ2) is 8.33. The topological polar surface area (TPSA) is 83.2 Å². The Morgan fingerprint density at radius 2 is 2.04 bits per heavy atom. The number of hydrogen-bond acceptors (Lipinski definition) is 3. The normalized spacial score (nSPS) is 10.9. The van der Waals surface area contributed by atoms with Crippen LogP contribution >= 0.6 is 0 Å². The first-order valence-electron chi connectivity index (χ1n) is 7.76. The molecule has 0 aliphatic carbocycles. The Morgan fingerprint density at radius 3 is 2.83 bits per heavy atom. The van der Waals surface area contributed by atoms with Gasteiger partial charge in [-0.15, -0.1) is 0 Å². The second-order valence-corrected chi connectivity index (χ2v) is 5.78. The number of amides is 2. The van der Waals surface area contributed by atoms with Gasteiger partial charge in [-0.05, 0) is 17.5 Å². The van der Waals surface area contributed by atoms with Gasteiger partial charge in [0.1, 0.15) is 0 Å². The summed E-state index contributed by atoms with van der Waals surface area (Å²) in [5.41, 5.74) is 1.37. The van der Waals surface area contributed by atoms with Crippen LogP contribution < -0.4 is 16.2 Å². The molecule has 0 bridgehead atoms. The van der Waals surface area contributed by atoms with E-state index in [1.807, 2.05) is 24.3 Å². The number of carbonyl (C=O) groups excluding carboxylic acids is 1. The van der Waals surface area contributed by atoms with Crippen molar-refractivity contribution >= 4 is 16.9 Å². The lowest BCUT2D eigenvalue weighted by atomic mass is 10.1. The Labute approximate surface area is 135 Å². The van der Waals surface area contributed by atoms with E-state index in [0.29, 0.717) is 32.2 Å². The van der Waals surface area contributed by atoms with Crippen LogP contribution in [0.4, 0.5) is 4.79 Å². The first-order valence-corrected chi connectivity index (χ1v) is 7.76. The SMILES string of the molecule is CC(C)COCCNC(=O)NCc1cc(=O)[nH]c2ccccc12. The van der Waals surface area contributed by atoms with Gasteiger partial charge in [0, 0.05) is 36.7 Å². The molecule has 3 N–H and O–H groups in total. The fourth-order valence-corrected chi connectivity index (χ4v) is 2.22. The summed E-state index contributed by atoms with van der Waals surface area (Å²) >= 11 is 0. The van der Waals surface area contributed by atoms with E-state index in [4.69, 9.17) is 4.74 Å².